The number of anilines is 1. The van der Waals surface area contributed by atoms with E-state index in [0.29, 0.717) is 32.1 Å². The molecule has 1 aromatic heterocycles. The normalized spacial score (nSPS) is 16.2. The lowest BCUT2D eigenvalue weighted by Gasteiger charge is -2.25. The van der Waals surface area contributed by atoms with Crippen molar-refractivity contribution in [2.24, 2.45) is 0 Å². The molecule has 1 amide bonds. The number of fused-ring (bicyclic) bond motifs is 1. The highest BCUT2D eigenvalue weighted by Crippen LogP contribution is 2.38. The van der Waals surface area contributed by atoms with E-state index in [2.05, 4.69) is 21.2 Å². The van der Waals surface area contributed by atoms with Crippen molar-refractivity contribution in [3.8, 4) is 12.3 Å². The molecule has 5 nitrogen and oxygen atoms in total. The van der Waals surface area contributed by atoms with E-state index in [4.69, 9.17) is 29.6 Å². The van der Waals surface area contributed by atoms with E-state index in [1.54, 1.807) is 18.2 Å². The van der Waals surface area contributed by atoms with Crippen LogP contribution in [0.3, 0.4) is 0 Å². The molecule has 24 heavy (non-hydrogen) atoms. The Bertz CT molecular complexity index is 921. The van der Waals surface area contributed by atoms with Gasteiger partial charge in [0.1, 0.15) is 5.82 Å². The molecule has 122 valence electrons. The second-order valence-corrected chi connectivity index (χ2v) is 6.90. The Balaban J connectivity index is 2.11. The number of halogens is 2. The van der Waals surface area contributed by atoms with E-state index in [1.807, 2.05) is 0 Å². The van der Waals surface area contributed by atoms with Crippen molar-refractivity contribution in [3.63, 3.8) is 0 Å². The van der Waals surface area contributed by atoms with E-state index < -0.39 is 5.92 Å². The highest BCUT2D eigenvalue weighted by molar-refractivity contribution is 7.99. The number of aromatic nitrogens is 2. The fraction of sp³-hybridized carbons (Fsp3) is 0.188. The lowest BCUT2D eigenvalue weighted by Crippen LogP contribution is -2.31. The van der Waals surface area contributed by atoms with Crippen LogP contribution < -0.4 is 10.9 Å². The number of carbonyl (C=O) groups is 1. The van der Waals surface area contributed by atoms with Crippen LogP contribution in [-0.4, -0.2) is 21.6 Å². The third kappa shape index (κ3) is 3.29. The molecule has 3 rings (SSSR count). The Kier molecular flexibility index (Phi) is 4.86. The number of aromatic amines is 1. The standard InChI is InChI=1S/C16H11Cl2N3O2S/c1-2-5-24-16-20-14-13(15(23)21-16)10(7-12(22)19-14)9-4-3-8(17)6-11(9)18/h1,3-4,6,10H,5,7H2,(H2,19,20,21,22,23). The van der Waals surface area contributed by atoms with E-state index in [9.17, 15) is 9.59 Å². The maximum absolute atomic E-state index is 12.5. The maximum Gasteiger partial charge on any atom is 0.257 e. The molecule has 2 heterocycles. The lowest BCUT2D eigenvalue weighted by molar-refractivity contribution is -0.116. The molecule has 1 unspecified atom stereocenters. The number of amides is 1. The molecule has 1 aromatic carbocycles. The minimum absolute atomic E-state index is 0.107. The smallest absolute Gasteiger partial charge is 0.257 e. The van der Waals surface area contributed by atoms with Gasteiger partial charge in [-0.1, -0.05) is 47.0 Å². The molecule has 0 bridgehead atoms. The van der Waals surface area contributed by atoms with E-state index in [1.165, 1.54) is 11.8 Å². The van der Waals surface area contributed by atoms with Gasteiger partial charge in [0, 0.05) is 22.4 Å². The van der Waals surface area contributed by atoms with Crippen molar-refractivity contribution >= 4 is 46.7 Å². The summed E-state index contributed by atoms with van der Waals surface area (Å²) in [6.07, 6.45) is 5.32. The van der Waals surface area contributed by atoms with Crippen molar-refractivity contribution in [1.29, 1.82) is 0 Å². The maximum atomic E-state index is 12.5. The summed E-state index contributed by atoms with van der Waals surface area (Å²) in [4.78, 5) is 31.6. The number of terminal acetylenes is 1. The summed E-state index contributed by atoms with van der Waals surface area (Å²) in [5.41, 5.74) is 0.716. The van der Waals surface area contributed by atoms with E-state index in [0.717, 1.165) is 0 Å². The first-order chi connectivity index (χ1) is 11.5. The number of thioether (sulfide) groups is 1. The molecule has 1 aliphatic rings. The van der Waals surface area contributed by atoms with Crippen molar-refractivity contribution in [1.82, 2.24) is 9.97 Å². The van der Waals surface area contributed by atoms with Gasteiger partial charge >= 0.3 is 0 Å². The molecule has 0 spiro atoms. The summed E-state index contributed by atoms with van der Waals surface area (Å²) in [7, 11) is 0. The van der Waals surface area contributed by atoms with Gasteiger partial charge in [0.15, 0.2) is 5.16 Å². The number of nitrogens with zero attached hydrogens (tertiary/aromatic N) is 1. The first kappa shape index (κ1) is 16.9. The molecular formula is C16H11Cl2N3O2S. The lowest BCUT2D eigenvalue weighted by atomic mass is 9.87. The predicted octanol–water partition coefficient (Wildman–Crippen LogP) is 3.28. The van der Waals surface area contributed by atoms with Gasteiger partial charge in [-0.25, -0.2) is 4.98 Å². The van der Waals surface area contributed by atoms with Crippen LogP contribution in [-0.2, 0) is 4.79 Å². The van der Waals surface area contributed by atoms with Gasteiger partial charge < -0.3 is 10.3 Å². The summed E-state index contributed by atoms with van der Waals surface area (Å²) >= 11 is 13.4. The van der Waals surface area contributed by atoms with Gasteiger partial charge in [0.2, 0.25) is 5.91 Å². The number of hydrogen-bond donors (Lipinski definition) is 2. The third-order valence-corrected chi connectivity index (χ3v) is 4.90. The molecule has 0 aliphatic carbocycles. The van der Waals surface area contributed by atoms with E-state index >= 15 is 0 Å². The second-order valence-electron chi connectivity index (χ2n) is 5.10. The van der Waals surface area contributed by atoms with Gasteiger partial charge in [-0.05, 0) is 17.7 Å². The Morgan fingerprint density at radius 3 is 2.88 bits per heavy atom. The van der Waals surface area contributed by atoms with Crippen LogP contribution in [0, 0.1) is 12.3 Å². The topological polar surface area (TPSA) is 74.8 Å². The van der Waals surface area contributed by atoms with Crippen LogP contribution in [0.4, 0.5) is 5.82 Å². The molecular weight excluding hydrogens is 369 g/mol. The number of H-pyrrole nitrogens is 1. The summed E-state index contributed by atoms with van der Waals surface area (Å²) in [6.45, 7) is 0. The van der Waals surface area contributed by atoms with Crippen LogP contribution in [0.25, 0.3) is 0 Å². The Morgan fingerprint density at radius 2 is 2.17 bits per heavy atom. The van der Waals surface area contributed by atoms with Crippen molar-refractivity contribution in [2.45, 2.75) is 17.5 Å². The van der Waals surface area contributed by atoms with Crippen LogP contribution in [0.15, 0.2) is 28.2 Å². The predicted molar refractivity (Wildman–Crippen MR) is 96.0 cm³/mol. The quantitative estimate of drug-likeness (QED) is 0.487. The SMILES string of the molecule is C#CCSc1nc2c(c(=O)[nH]1)C(c1ccc(Cl)cc1Cl)CC(=O)N2. The van der Waals surface area contributed by atoms with Gasteiger partial charge in [-0.15, -0.1) is 6.42 Å². The van der Waals surface area contributed by atoms with Gasteiger partial charge in [0.25, 0.3) is 5.56 Å². The first-order valence-electron chi connectivity index (χ1n) is 6.95. The third-order valence-electron chi connectivity index (χ3n) is 3.56. The average molecular weight is 380 g/mol. The molecule has 1 atom stereocenters. The molecule has 0 radical (unpaired) electrons. The average Bonchev–Trinajstić information content (AvgIpc) is 2.51. The highest BCUT2D eigenvalue weighted by Gasteiger charge is 2.32. The highest BCUT2D eigenvalue weighted by atomic mass is 35.5. The van der Waals surface area contributed by atoms with Crippen molar-refractivity contribution < 1.29 is 4.79 Å². The number of hydrogen-bond acceptors (Lipinski definition) is 4. The Hall–Kier alpha value is -1.94. The second kappa shape index (κ2) is 6.89. The first-order valence-corrected chi connectivity index (χ1v) is 8.69. The van der Waals surface area contributed by atoms with E-state index in [-0.39, 0.29) is 23.7 Å². The number of nitrogens with one attached hydrogen (secondary N) is 2. The molecule has 0 saturated heterocycles. The Morgan fingerprint density at radius 1 is 1.38 bits per heavy atom. The Labute approximate surface area is 152 Å². The minimum atomic E-state index is -0.485. The largest absolute Gasteiger partial charge is 0.310 e. The molecule has 0 saturated carbocycles. The van der Waals surface area contributed by atoms with Gasteiger partial charge in [-0.3, -0.25) is 9.59 Å². The monoisotopic (exact) mass is 379 g/mol. The van der Waals surface area contributed by atoms with Crippen LogP contribution >= 0.6 is 35.0 Å². The molecule has 8 heteroatoms. The fourth-order valence-corrected chi connectivity index (χ4v) is 3.66. The number of carbonyl (C=O) groups excluding carboxylic acids is 1. The van der Waals surface area contributed by atoms with Crippen LogP contribution in [0.2, 0.25) is 10.0 Å². The summed E-state index contributed by atoms with van der Waals surface area (Å²) in [5.74, 6) is 2.34. The zero-order valence-electron chi connectivity index (χ0n) is 12.2. The van der Waals surface area contributed by atoms with Gasteiger partial charge in [0.05, 0.1) is 11.3 Å². The molecule has 2 N–H and O–H groups in total. The van der Waals surface area contributed by atoms with Crippen molar-refractivity contribution in [3.05, 3.63) is 49.7 Å². The molecule has 0 fully saturated rings. The summed E-state index contributed by atoms with van der Waals surface area (Å²) in [5, 5.41) is 3.89. The number of benzene rings is 1. The fourth-order valence-electron chi connectivity index (χ4n) is 2.58. The zero-order chi connectivity index (χ0) is 17.3. The van der Waals surface area contributed by atoms with Gasteiger partial charge in [-0.2, -0.15) is 0 Å². The minimum Gasteiger partial charge on any atom is -0.310 e. The molecule has 1 aliphatic heterocycles. The van der Waals surface area contributed by atoms with Crippen LogP contribution in [0.5, 0.6) is 0 Å². The van der Waals surface area contributed by atoms with Crippen molar-refractivity contribution in [2.75, 3.05) is 11.1 Å². The number of rotatable bonds is 3. The summed E-state index contributed by atoms with van der Waals surface area (Å²) < 4.78 is 0. The summed E-state index contributed by atoms with van der Waals surface area (Å²) in [6, 6.07) is 4.98. The van der Waals surface area contributed by atoms with Crippen LogP contribution in [0.1, 0.15) is 23.5 Å². The molecule has 2 aromatic rings. The zero-order valence-corrected chi connectivity index (χ0v) is 14.6.